The lowest BCUT2D eigenvalue weighted by atomic mass is 10.1. The summed E-state index contributed by atoms with van der Waals surface area (Å²) in [6, 6.07) is 19.5. The minimum atomic E-state index is -0.492. The number of rotatable bonds is 7. The van der Waals surface area contributed by atoms with Gasteiger partial charge in [0.2, 0.25) is 5.91 Å². The predicted molar refractivity (Wildman–Crippen MR) is 146 cm³/mol. The van der Waals surface area contributed by atoms with Crippen molar-refractivity contribution < 1.29 is 14.5 Å². The topological polar surface area (TPSA) is 114 Å². The van der Waals surface area contributed by atoms with Crippen LogP contribution in [0, 0.1) is 24.0 Å². The smallest absolute Gasteiger partial charge is 0.283 e. The summed E-state index contributed by atoms with van der Waals surface area (Å²) in [7, 11) is 0. The number of carbonyl (C=O) groups is 2. The number of nitro benzene ring substituents is 1. The van der Waals surface area contributed by atoms with Crippen LogP contribution in [0.25, 0.3) is 6.08 Å². The Hall–Kier alpha value is -3.89. The van der Waals surface area contributed by atoms with Crippen LogP contribution in [0.2, 0.25) is 0 Å². The Labute approximate surface area is 216 Å². The highest BCUT2D eigenvalue weighted by Crippen LogP contribution is 2.33. The number of amidine groups is 1. The lowest BCUT2D eigenvalue weighted by molar-refractivity contribution is -0.387. The highest BCUT2D eigenvalue weighted by molar-refractivity contribution is 8.18. The maximum absolute atomic E-state index is 12.5. The molecular weight excluding hydrogens is 496 g/mol. The van der Waals surface area contributed by atoms with Gasteiger partial charge in [-0.15, -0.1) is 11.8 Å². The zero-order chi connectivity index (χ0) is 25.7. The van der Waals surface area contributed by atoms with E-state index < -0.39 is 4.92 Å². The molecule has 1 heterocycles. The van der Waals surface area contributed by atoms with Crippen molar-refractivity contribution in [3.63, 3.8) is 0 Å². The SMILES string of the molecule is Cc1ccc(N=C2NC(=O)/C(=C/c3ccc(SCC(=O)Nc4ccccc4)c([N+](=O)[O-])c3)S2)cc1C. The third-order valence-electron chi connectivity index (χ3n) is 5.27. The number of hydrogen-bond acceptors (Lipinski definition) is 7. The molecule has 3 aromatic carbocycles. The number of aryl methyl sites for hydroxylation is 2. The van der Waals surface area contributed by atoms with Crippen LogP contribution in [0.1, 0.15) is 16.7 Å². The van der Waals surface area contributed by atoms with E-state index in [2.05, 4.69) is 15.6 Å². The molecule has 0 radical (unpaired) electrons. The van der Waals surface area contributed by atoms with Crippen LogP contribution in [0.5, 0.6) is 0 Å². The molecule has 182 valence electrons. The molecule has 2 amide bonds. The zero-order valence-electron chi connectivity index (χ0n) is 19.5. The van der Waals surface area contributed by atoms with Crippen LogP contribution in [0.3, 0.4) is 0 Å². The minimum absolute atomic E-state index is 0.0206. The van der Waals surface area contributed by atoms with Gasteiger partial charge in [-0.25, -0.2) is 4.99 Å². The second kappa shape index (κ2) is 11.2. The lowest BCUT2D eigenvalue weighted by Gasteiger charge is -2.06. The number of aliphatic imine (C=N–C) groups is 1. The number of anilines is 1. The summed E-state index contributed by atoms with van der Waals surface area (Å²) in [6.45, 7) is 4.01. The molecule has 8 nitrogen and oxygen atoms in total. The number of nitrogens with zero attached hydrogens (tertiary/aromatic N) is 2. The summed E-state index contributed by atoms with van der Waals surface area (Å²) >= 11 is 2.25. The van der Waals surface area contributed by atoms with Crippen molar-refractivity contribution in [3.05, 3.63) is 98.4 Å². The van der Waals surface area contributed by atoms with Gasteiger partial charge in [-0.1, -0.05) is 30.3 Å². The number of nitro groups is 1. The van der Waals surface area contributed by atoms with E-state index in [4.69, 9.17) is 0 Å². The van der Waals surface area contributed by atoms with Crippen LogP contribution < -0.4 is 10.6 Å². The molecular formula is C26H22N4O4S2. The summed E-state index contributed by atoms with van der Waals surface area (Å²) in [6.07, 6.45) is 1.59. The largest absolute Gasteiger partial charge is 0.325 e. The molecule has 0 bridgehead atoms. The van der Waals surface area contributed by atoms with Gasteiger partial charge in [-0.2, -0.15) is 0 Å². The van der Waals surface area contributed by atoms with Gasteiger partial charge < -0.3 is 10.6 Å². The molecule has 1 aliphatic rings. The molecule has 1 aliphatic heterocycles. The van der Waals surface area contributed by atoms with Gasteiger partial charge in [-0.3, -0.25) is 19.7 Å². The first kappa shape index (κ1) is 25.2. The van der Waals surface area contributed by atoms with E-state index in [1.54, 1.807) is 30.3 Å². The van der Waals surface area contributed by atoms with Crippen molar-refractivity contribution in [2.75, 3.05) is 11.1 Å². The molecule has 1 fully saturated rings. The zero-order valence-corrected chi connectivity index (χ0v) is 21.1. The molecule has 1 saturated heterocycles. The Kier molecular flexibility index (Phi) is 7.87. The van der Waals surface area contributed by atoms with Gasteiger partial charge in [-0.05, 0) is 78.7 Å². The summed E-state index contributed by atoms with van der Waals surface area (Å²) in [5, 5.41) is 17.6. The molecule has 0 saturated carbocycles. The molecule has 10 heteroatoms. The van der Waals surface area contributed by atoms with E-state index in [0.29, 0.717) is 26.2 Å². The molecule has 3 aromatic rings. The fraction of sp³-hybridized carbons (Fsp3) is 0.115. The standard InChI is InChI=1S/C26H22N4O4S2/c1-16-8-10-20(12-17(16)2)28-26-29-25(32)23(36-26)14-18-9-11-22(21(13-18)30(33)34)35-15-24(31)27-19-6-4-3-5-7-19/h3-14H,15H2,1-2H3,(H,27,31)(H,28,29,32)/b23-14-. The van der Waals surface area contributed by atoms with Crippen LogP contribution in [0.15, 0.2) is 81.5 Å². The summed E-state index contributed by atoms with van der Waals surface area (Å²) in [4.78, 5) is 41.1. The van der Waals surface area contributed by atoms with E-state index in [1.165, 1.54) is 17.8 Å². The summed E-state index contributed by atoms with van der Waals surface area (Å²) in [5.74, 6) is -0.560. The maximum Gasteiger partial charge on any atom is 0.283 e. The molecule has 2 N–H and O–H groups in total. The number of benzene rings is 3. The third kappa shape index (κ3) is 6.41. The summed E-state index contributed by atoms with van der Waals surface area (Å²) in [5.41, 5.74) is 4.02. The Morgan fingerprint density at radius 3 is 2.61 bits per heavy atom. The number of carbonyl (C=O) groups excluding carboxylic acids is 2. The molecule has 0 aromatic heterocycles. The number of para-hydroxylation sites is 1. The van der Waals surface area contributed by atoms with Crippen molar-refractivity contribution in [1.29, 1.82) is 0 Å². The fourth-order valence-corrected chi connectivity index (χ4v) is 4.94. The lowest BCUT2D eigenvalue weighted by Crippen LogP contribution is -2.19. The van der Waals surface area contributed by atoms with Crippen molar-refractivity contribution >= 4 is 63.6 Å². The molecule has 0 aliphatic carbocycles. The van der Waals surface area contributed by atoms with E-state index in [9.17, 15) is 19.7 Å². The first-order valence-electron chi connectivity index (χ1n) is 10.9. The van der Waals surface area contributed by atoms with Crippen molar-refractivity contribution in [3.8, 4) is 0 Å². The van der Waals surface area contributed by atoms with Gasteiger partial charge in [0.25, 0.3) is 11.6 Å². The van der Waals surface area contributed by atoms with Gasteiger partial charge in [0.05, 0.1) is 26.2 Å². The number of nitrogens with one attached hydrogen (secondary N) is 2. The van der Waals surface area contributed by atoms with Crippen molar-refractivity contribution in [2.45, 2.75) is 18.7 Å². The average Bonchev–Trinajstić information content (AvgIpc) is 3.19. The molecule has 0 unspecified atom stereocenters. The maximum atomic E-state index is 12.5. The first-order valence-corrected chi connectivity index (χ1v) is 12.7. The van der Waals surface area contributed by atoms with Crippen LogP contribution in [-0.4, -0.2) is 27.7 Å². The Bertz CT molecular complexity index is 1400. The second-order valence-electron chi connectivity index (χ2n) is 7.94. The van der Waals surface area contributed by atoms with Gasteiger partial charge in [0.15, 0.2) is 5.17 Å². The monoisotopic (exact) mass is 518 g/mol. The first-order chi connectivity index (χ1) is 17.3. The van der Waals surface area contributed by atoms with E-state index >= 15 is 0 Å². The second-order valence-corrected chi connectivity index (χ2v) is 9.99. The highest BCUT2D eigenvalue weighted by atomic mass is 32.2. The predicted octanol–water partition coefficient (Wildman–Crippen LogP) is 5.83. The molecule has 36 heavy (non-hydrogen) atoms. The van der Waals surface area contributed by atoms with Gasteiger partial charge in [0.1, 0.15) is 0 Å². The Morgan fingerprint density at radius 1 is 1.11 bits per heavy atom. The fourth-order valence-electron chi connectivity index (χ4n) is 3.30. The number of thioether (sulfide) groups is 2. The Morgan fingerprint density at radius 2 is 1.89 bits per heavy atom. The normalized spacial score (nSPS) is 15.2. The quantitative estimate of drug-likeness (QED) is 0.176. The number of amides is 2. The molecule has 4 rings (SSSR count). The van der Waals surface area contributed by atoms with E-state index in [-0.39, 0.29) is 23.3 Å². The van der Waals surface area contributed by atoms with Crippen molar-refractivity contribution in [1.82, 2.24) is 5.32 Å². The number of hydrogen-bond donors (Lipinski definition) is 2. The average molecular weight is 519 g/mol. The van der Waals surface area contributed by atoms with Crippen LogP contribution in [0.4, 0.5) is 17.1 Å². The van der Waals surface area contributed by atoms with E-state index in [0.717, 1.165) is 28.6 Å². The van der Waals surface area contributed by atoms with Crippen molar-refractivity contribution in [2.24, 2.45) is 4.99 Å². The van der Waals surface area contributed by atoms with Gasteiger partial charge in [0, 0.05) is 11.8 Å². The summed E-state index contributed by atoms with van der Waals surface area (Å²) < 4.78 is 0. The molecule has 0 spiro atoms. The third-order valence-corrected chi connectivity index (χ3v) is 7.24. The minimum Gasteiger partial charge on any atom is -0.325 e. The van der Waals surface area contributed by atoms with Crippen LogP contribution >= 0.6 is 23.5 Å². The van der Waals surface area contributed by atoms with E-state index in [1.807, 2.05) is 50.2 Å². The highest BCUT2D eigenvalue weighted by Gasteiger charge is 2.24. The van der Waals surface area contributed by atoms with Gasteiger partial charge >= 0.3 is 0 Å². The molecule has 0 atom stereocenters. The van der Waals surface area contributed by atoms with Crippen LogP contribution in [-0.2, 0) is 9.59 Å². The Balaban J connectivity index is 1.47.